The third kappa shape index (κ3) is 3.79. The number of carbonyl (C=O) groups excluding carboxylic acids is 1. The third-order valence-corrected chi connectivity index (χ3v) is 5.40. The first kappa shape index (κ1) is 17.4. The van der Waals surface area contributed by atoms with Crippen molar-refractivity contribution in [3.63, 3.8) is 0 Å². The minimum atomic E-state index is 0.0705. The van der Waals surface area contributed by atoms with E-state index in [1.54, 1.807) is 0 Å². The van der Waals surface area contributed by atoms with Crippen molar-refractivity contribution >= 4 is 5.91 Å². The van der Waals surface area contributed by atoms with Gasteiger partial charge in [0.2, 0.25) is 0 Å². The molecule has 1 N–H and O–H groups in total. The second kappa shape index (κ2) is 7.64. The number of aromatic nitrogens is 3. The summed E-state index contributed by atoms with van der Waals surface area (Å²) >= 11 is 0. The maximum Gasteiger partial charge on any atom is 0.276 e. The molecular weight excluding hydrogens is 302 g/mol. The van der Waals surface area contributed by atoms with Crippen LogP contribution in [-0.2, 0) is 0 Å². The van der Waals surface area contributed by atoms with Gasteiger partial charge in [-0.3, -0.25) is 4.79 Å². The fourth-order valence-corrected chi connectivity index (χ4v) is 4.19. The number of rotatable bonds is 4. The van der Waals surface area contributed by atoms with E-state index in [2.05, 4.69) is 29.5 Å². The van der Waals surface area contributed by atoms with Crippen LogP contribution in [0.1, 0.15) is 68.2 Å². The highest BCUT2D eigenvalue weighted by Gasteiger charge is 2.29. The van der Waals surface area contributed by atoms with E-state index in [9.17, 15) is 4.79 Å². The Balaban J connectivity index is 1.69. The monoisotopic (exact) mass is 333 g/mol. The molecule has 3 rings (SSSR count). The normalized spacial score (nSPS) is 23.0. The lowest BCUT2D eigenvalue weighted by Crippen LogP contribution is -2.40. The summed E-state index contributed by atoms with van der Waals surface area (Å²) in [6.45, 7) is 10.3. The molecule has 0 radical (unpaired) electrons. The van der Waals surface area contributed by atoms with Crippen molar-refractivity contribution in [1.29, 1.82) is 0 Å². The van der Waals surface area contributed by atoms with Crippen LogP contribution in [0.2, 0.25) is 0 Å². The van der Waals surface area contributed by atoms with Gasteiger partial charge in [0.1, 0.15) is 0 Å². The van der Waals surface area contributed by atoms with Crippen molar-refractivity contribution in [3.05, 3.63) is 11.4 Å². The van der Waals surface area contributed by atoms with Crippen molar-refractivity contribution in [1.82, 2.24) is 25.2 Å². The molecule has 1 aromatic rings. The number of nitrogens with one attached hydrogen (secondary N) is 1. The van der Waals surface area contributed by atoms with Gasteiger partial charge in [0, 0.05) is 13.1 Å². The molecule has 3 heterocycles. The topological polar surface area (TPSA) is 63.1 Å². The molecule has 1 atom stereocenters. The van der Waals surface area contributed by atoms with Gasteiger partial charge in [-0.2, -0.15) is 0 Å². The van der Waals surface area contributed by atoms with Crippen molar-refractivity contribution in [2.75, 3.05) is 26.2 Å². The quantitative estimate of drug-likeness (QED) is 0.919. The Morgan fingerprint density at radius 2 is 2.04 bits per heavy atom. The minimum Gasteiger partial charge on any atom is -0.337 e. The van der Waals surface area contributed by atoms with Crippen LogP contribution >= 0.6 is 0 Å². The smallest absolute Gasteiger partial charge is 0.276 e. The molecule has 0 aliphatic carbocycles. The molecule has 0 bridgehead atoms. The average molecular weight is 333 g/mol. The first-order valence-electron chi connectivity index (χ1n) is 9.48. The summed E-state index contributed by atoms with van der Waals surface area (Å²) in [5, 5.41) is 11.9. The molecule has 0 aromatic carbocycles. The van der Waals surface area contributed by atoms with Crippen molar-refractivity contribution < 1.29 is 4.79 Å². The first-order chi connectivity index (χ1) is 11.6. The fourth-order valence-electron chi connectivity index (χ4n) is 4.19. The summed E-state index contributed by atoms with van der Waals surface area (Å²) in [6, 6.07) is 0.371. The van der Waals surface area contributed by atoms with Crippen LogP contribution in [0.5, 0.6) is 0 Å². The van der Waals surface area contributed by atoms with Crippen LogP contribution in [-0.4, -0.2) is 52.0 Å². The number of amides is 1. The van der Waals surface area contributed by atoms with Gasteiger partial charge in [-0.1, -0.05) is 19.1 Å². The van der Waals surface area contributed by atoms with Crippen LogP contribution in [0.3, 0.4) is 0 Å². The Morgan fingerprint density at radius 3 is 2.75 bits per heavy atom. The number of hydrogen-bond donors (Lipinski definition) is 1. The Kier molecular flexibility index (Phi) is 5.54. The highest BCUT2D eigenvalue weighted by atomic mass is 16.2. The minimum absolute atomic E-state index is 0.0705. The van der Waals surface area contributed by atoms with E-state index < -0.39 is 0 Å². The molecule has 2 aliphatic heterocycles. The molecule has 0 spiro atoms. The molecule has 6 nitrogen and oxygen atoms in total. The van der Waals surface area contributed by atoms with E-state index in [0.717, 1.165) is 51.1 Å². The van der Waals surface area contributed by atoms with E-state index in [-0.39, 0.29) is 5.91 Å². The SMILES string of the molecule is Cc1c(C(=O)N2CCCC(CC(C)C)C2)nnn1C1CCNCC1. The summed E-state index contributed by atoms with van der Waals surface area (Å²) in [5.41, 5.74) is 1.48. The van der Waals surface area contributed by atoms with Gasteiger partial charge < -0.3 is 10.2 Å². The molecule has 1 amide bonds. The molecule has 1 unspecified atom stereocenters. The number of likely N-dealkylation sites (tertiary alicyclic amines) is 1. The molecule has 2 saturated heterocycles. The molecular formula is C18H31N5O. The Morgan fingerprint density at radius 1 is 1.29 bits per heavy atom. The van der Waals surface area contributed by atoms with Gasteiger partial charge in [0.05, 0.1) is 11.7 Å². The zero-order valence-electron chi connectivity index (χ0n) is 15.3. The number of nitrogens with zero attached hydrogens (tertiary/aromatic N) is 4. The molecule has 24 heavy (non-hydrogen) atoms. The van der Waals surface area contributed by atoms with Crippen LogP contribution in [0.4, 0.5) is 0 Å². The summed E-state index contributed by atoms with van der Waals surface area (Å²) in [7, 11) is 0. The van der Waals surface area contributed by atoms with Crippen molar-refractivity contribution in [2.24, 2.45) is 11.8 Å². The third-order valence-electron chi connectivity index (χ3n) is 5.40. The van der Waals surface area contributed by atoms with E-state index in [0.29, 0.717) is 23.6 Å². The maximum absolute atomic E-state index is 12.9. The maximum atomic E-state index is 12.9. The fraction of sp³-hybridized carbons (Fsp3) is 0.833. The highest BCUT2D eigenvalue weighted by molar-refractivity contribution is 5.93. The molecule has 2 fully saturated rings. The number of hydrogen-bond acceptors (Lipinski definition) is 4. The first-order valence-corrected chi connectivity index (χ1v) is 9.48. The van der Waals surface area contributed by atoms with Crippen LogP contribution in [0, 0.1) is 18.8 Å². The molecule has 2 aliphatic rings. The van der Waals surface area contributed by atoms with Gasteiger partial charge >= 0.3 is 0 Å². The van der Waals surface area contributed by atoms with Crippen LogP contribution in [0.25, 0.3) is 0 Å². The Bertz CT molecular complexity index is 562. The Labute approximate surface area is 145 Å². The average Bonchev–Trinajstić information content (AvgIpc) is 2.96. The van der Waals surface area contributed by atoms with E-state index in [1.165, 1.54) is 12.8 Å². The predicted octanol–water partition coefficient (Wildman–Crippen LogP) is 2.41. The van der Waals surface area contributed by atoms with E-state index >= 15 is 0 Å². The van der Waals surface area contributed by atoms with Crippen LogP contribution < -0.4 is 5.32 Å². The lowest BCUT2D eigenvalue weighted by atomic mass is 9.89. The second-order valence-electron chi connectivity index (χ2n) is 7.84. The largest absolute Gasteiger partial charge is 0.337 e. The standard InChI is InChI=1S/C18H31N5O/c1-13(2)11-15-5-4-10-22(12-15)18(24)17-14(3)23(21-20-17)16-6-8-19-9-7-16/h13,15-16,19H,4-12H2,1-3H3. The zero-order valence-corrected chi connectivity index (χ0v) is 15.3. The molecule has 134 valence electrons. The summed E-state index contributed by atoms with van der Waals surface area (Å²) in [6.07, 6.45) is 5.65. The predicted molar refractivity (Wildman–Crippen MR) is 94.0 cm³/mol. The van der Waals surface area contributed by atoms with Gasteiger partial charge in [-0.05, 0) is 64.0 Å². The van der Waals surface area contributed by atoms with Crippen molar-refractivity contribution in [2.45, 2.75) is 58.9 Å². The molecule has 6 heteroatoms. The summed E-state index contributed by atoms with van der Waals surface area (Å²) in [5.74, 6) is 1.39. The summed E-state index contributed by atoms with van der Waals surface area (Å²) < 4.78 is 1.98. The second-order valence-corrected chi connectivity index (χ2v) is 7.84. The lowest BCUT2D eigenvalue weighted by molar-refractivity contribution is 0.0652. The number of piperidine rings is 2. The van der Waals surface area contributed by atoms with E-state index in [4.69, 9.17) is 0 Å². The van der Waals surface area contributed by atoms with Gasteiger partial charge in [-0.15, -0.1) is 5.10 Å². The van der Waals surface area contributed by atoms with E-state index in [1.807, 2.05) is 16.5 Å². The number of carbonyl (C=O) groups is 1. The van der Waals surface area contributed by atoms with Crippen LogP contribution in [0.15, 0.2) is 0 Å². The lowest BCUT2D eigenvalue weighted by Gasteiger charge is -2.33. The van der Waals surface area contributed by atoms with Crippen molar-refractivity contribution in [3.8, 4) is 0 Å². The molecule has 0 saturated carbocycles. The zero-order chi connectivity index (χ0) is 17.1. The summed E-state index contributed by atoms with van der Waals surface area (Å²) in [4.78, 5) is 14.9. The molecule has 1 aromatic heterocycles. The Hall–Kier alpha value is -1.43. The highest BCUT2D eigenvalue weighted by Crippen LogP contribution is 2.25. The van der Waals surface area contributed by atoms with Gasteiger partial charge in [0.15, 0.2) is 5.69 Å². The van der Waals surface area contributed by atoms with Gasteiger partial charge in [-0.25, -0.2) is 4.68 Å². The van der Waals surface area contributed by atoms with Gasteiger partial charge in [0.25, 0.3) is 5.91 Å².